The lowest BCUT2D eigenvalue weighted by Crippen LogP contribution is -2.33. The minimum atomic E-state index is -0.713. The van der Waals surface area contributed by atoms with Crippen LogP contribution in [0.4, 0.5) is 17.1 Å². The molecule has 3 heteroatoms. The van der Waals surface area contributed by atoms with Gasteiger partial charge in [-0.3, -0.25) is 0 Å². The maximum atomic E-state index is 7.14. The molecule has 84 heavy (non-hydrogen) atoms. The molecule has 0 aromatic heterocycles. The van der Waals surface area contributed by atoms with Gasteiger partial charge in [-0.25, -0.2) is 0 Å². The van der Waals surface area contributed by atoms with Gasteiger partial charge in [0.2, 0.25) is 0 Å². The van der Waals surface area contributed by atoms with E-state index < -0.39 is 10.8 Å². The van der Waals surface area contributed by atoms with Gasteiger partial charge in [-0.05, 0) is 196 Å². The van der Waals surface area contributed by atoms with E-state index in [9.17, 15) is 0 Å². The molecule has 10 aromatic rings. The molecule has 0 radical (unpaired) electrons. The van der Waals surface area contributed by atoms with Crippen LogP contribution in [0.5, 0.6) is 23.0 Å². The van der Waals surface area contributed by atoms with Crippen LogP contribution in [-0.4, -0.2) is 0 Å². The molecule has 2 aliphatic heterocycles. The van der Waals surface area contributed by atoms with Crippen molar-refractivity contribution in [3.8, 4) is 56.4 Å². The number of rotatable bonds is 3. The number of ether oxygens (including phenoxy) is 2. The predicted molar refractivity (Wildman–Crippen MR) is 348 cm³/mol. The molecule has 3 aliphatic carbocycles. The van der Waals surface area contributed by atoms with Crippen molar-refractivity contribution in [2.75, 3.05) is 4.90 Å². The van der Waals surface area contributed by atoms with Gasteiger partial charge in [0, 0.05) is 44.7 Å². The average Bonchev–Trinajstić information content (AvgIpc) is 1.46. The molecule has 0 amide bonds. The second-order valence-corrected chi connectivity index (χ2v) is 29.3. The molecule has 0 bridgehead atoms. The molecule has 3 nitrogen and oxygen atoms in total. The fourth-order valence-corrected chi connectivity index (χ4v) is 15.3. The van der Waals surface area contributed by atoms with Crippen molar-refractivity contribution in [3.05, 3.63) is 278 Å². The molecule has 5 aliphatic rings. The van der Waals surface area contributed by atoms with E-state index in [-0.39, 0.29) is 27.1 Å². The summed E-state index contributed by atoms with van der Waals surface area (Å²) in [5, 5.41) is 0. The van der Waals surface area contributed by atoms with Gasteiger partial charge in [0.05, 0.1) is 10.8 Å². The lowest BCUT2D eigenvalue weighted by atomic mass is 9.64. The minimum Gasteiger partial charge on any atom is -0.457 e. The zero-order valence-electron chi connectivity index (χ0n) is 51.3. The second-order valence-electron chi connectivity index (χ2n) is 29.3. The Hall–Kier alpha value is -8.40. The Morgan fingerprint density at radius 1 is 0.262 bits per heavy atom. The predicted octanol–water partition coefficient (Wildman–Crippen LogP) is 21.6. The molecule has 10 aromatic carbocycles. The van der Waals surface area contributed by atoms with Crippen LogP contribution in [0.15, 0.2) is 200 Å². The highest BCUT2D eigenvalue weighted by atomic mass is 16.5. The van der Waals surface area contributed by atoms with E-state index in [0.717, 1.165) is 40.1 Å². The van der Waals surface area contributed by atoms with Crippen LogP contribution in [0, 0.1) is 0 Å². The summed E-state index contributed by atoms with van der Waals surface area (Å²) in [5.41, 5.74) is 26.4. The SMILES string of the molecule is CC(C)(C)c1ccc2c(c1)C1(c3cc(C(C)(C)C)ccc3O2)c2ccccc2-c2ccc(N(c3ccc4c(c3)C(C)(C)c3ccccc3-4)c3ccc4c(c3)C3(c5cc(C(C)(C)C)ccc5Oc5ccc(C(C)(C)C)cc53)c3ccccc3-4)cc21. The van der Waals surface area contributed by atoms with Crippen LogP contribution < -0.4 is 14.4 Å². The van der Waals surface area contributed by atoms with E-state index in [0.29, 0.717) is 0 Å². The Balaban J connectivity index is 1.04. The lowest BCUT2D eigenvalue weighted by molar-refractivity contribution is 0.433. The Morgan fingerprint density at radius 3 is 0.869 bits per heavy atom. The lowest BCUT2D eigenvalue weighted by Gasteiger charge is -2.41. The Morgan fingerprint density at radius 2 is 0.536 bits per heavy atom. The number of anilines is 3. The summed E-state index contributed by atoms with van der Waals surface area (Å²) in [4.78, 5) is 2.57. The molecule has 0 atom stereocenters. The maximum Gasteiger partial charge on any atom is 0.132 e. The van der Waals surface area contributed by atoms with Gasteiger partial charge >= 0.3 is 0 Å². The summed E-state index contributed by atoms with van der Waals surface area (Å²) >= 11 is 0. The van der Waals surface area contributed by atoms with Crippen LogP contribution in [0.2, 0.25) is 0 Å². The van der Waals surface area contributed by atoms with Crippen molar-refractivity contribution in [2.45, 2.75) is 135 Å². The number of benzene rings is 10. The van der Waals surface area contributed by atoms with E-state index in [2.05, 4.69) is 302 Å². The molecule has 2 heterocycles. The molecule has 2 spiro atoms. The second kappa shape index (κ2) is 17.4. The van der Waals surface area contributed by atoms with E-state index >= 15 is 0 Å². The molecule has 0 saturated heterocycles. The van der Waals surface area contributed by atoms with Gasteiger partial charge in [-0.2, -0.15) is 0 Å². The molecule has 0 N–H and O–H groups in total. The molecule has 0 fully saturated rings. The van der Waals surface area contributed by atoms with E-state index in [1.165, 1.54) is 111 Å². The highest BCUT2D eigenvalue weighted by molar-refractivity contribution is 5.95. The Kier molecular flexibility index (Phi) is 10.8. The standard InChI is InChI=1S/C81H75NO2/c1-75(2,3)48-27-37-71-67(41-48)80(68-42-49(76(4,5)6)28-38-72(68)83-71)62-25-19-16-22-56(62)59-35-32-53(46-65(59)80)82(52-31-34-58-55-21-15-18-24-61(55)79(13,14)64(58)45-52)54-33-36-60-57-23-17-20-26-63(57)81(66(60)47-54)69-43-50(77(7,8)9)29-39-73(69)84-74-40-30-51(44-70(74)81)78(10,11)12/h15-47H,1-14H3. The summed E-state index contributed by atoms with van der Waals surface area (Å²) < 4.78 is 14.3. The molecule has 416 valence electrons. The van der Waals surface area contributed by atoms with Gasteiger partial charge in [0.1, 0.15) is 23.0 Å². The van der Waals surface area contributed by atoms with Gasteiger partial charge < -0.3 is 14.4 Å². The van der Waals surface area contributed by atoms with Crippen molar-refractivity contribution in [1.82, 2.24) is 0 Å². The minimum absolute atomic E-state index is 0.108. The molecule has 0 unspecified atom stereocenters. The average molecular weight is 1090 g/mol. The largest absolute Gasteiger partial charge is 0.457 e. The van der Waals surface area contributed by atoms with Crippen LogP contribution in [0.3, 0.4) is 0 Å². The summed E-state index contributed by atoms with van der Waals surface area (Å²) in [6.07, 6.45) is 0. The first-order valence-electron chi connectivity index (χ1n) is 30.4. The Bertz CT molecular complexity index is 4100. The van der Waals surface area contributed by atoms with Gasteiger partial charge in [-0.15, -0.1) is 0 Å². The normalized spacial score (nSPS) is 15.7. The fourth-order valence-electron chi connectivity index (χ4n) is 15.3. The number of hydrogen-bond acceptors (Lipinski definition) is 3. The van der Waals surface area contributed by atoms with E-state index in [4.69, 9.17) is 9.47 Å². The van der Waals surface area contributed by atoms with Crippen LogP contribution in [0.1, 0.15) is 175 Å². The number of hydrogen-bond donors (Lipinski definition) is 0. The van der Waals surface area contributed by atoms with Crippen molar-refractivity contribution in [2.24, 2.45) is 0 Å². The zero-order valence-corrected chi connectivity index (χ0v) is 51.3. The third-order valence-corrected chi connectivity index (χ3v) is 19.8. The first-order valence-corrected chi connectivity index (χ1v) is 30.4. The quantitative estimate of drug-likeness (QED) is 0.176. The Labute approximate surface area is 498 Å². The van der Waals surface area contributed by atoms with Crippen molar-refractivity contribution in [3.63, 3.8) is 0 Å². The fraction of sp³-hybridized carbons (Fsp3) is 0.259. The van der Waals surface area contributed by atoms with Crippen LogP contribution in [-0.2, 0) is 37.9 Å². The number of nitrogens with zero attached hydrogens (tertiary/aromatic N) is 1. The van der Waals surface area contributed by atoms with Crippen molar-refractivity contribution >= 4 is 17.1 Å². The van der Waals surface area contributed by atoms with Gasteiger partial charge in [-0.1, -0.05) is 212 Å². The summed E-state index contributed by atoms with van der Waals surface area (Å²) in [5.74, 6) is 3.59. The van der Waals surface area contributed by atoms with Gasteiger partial charge in [0.15, 0.2) is 0 Å². The first-order chi connectivity index (χ1) is 39.9. The summed E-state index contributed by atoms with van der Waals surface area (Å²) in [6, 6.07) is 77.3. The number of fused-ring (bicyclic) bond motifs is 21. The van der Waals surface area contributed by atoms with E-state index in [1.54, 1.807) is 0 Å². The zero-order chi connectivity index (χ0) is 58.4. The van der Waals surface area contributed by atoms with Gasteiger partial charge in [0.25, 0.3) is 0 Å². The molecule has 0 saturated carbocycles. The summed E-state index contributed by atoms with van der Waals surface area (Å²) in [7, 11) is 0. The van der Waals surface area contributed by atoms with Crippen molar-refractivity contribution in [1.29, 1.82) is 0 Å². The monoisotopic (exact) mass is 1090 g/mol. The highest BCUT2D eigenvalue weighted by Crippen LogP contribution is 2.66. The smallest absolute Gasteiger partial charge is 0.132 e. The summed E-state index contributed by atoms with van der Waals surface area (Å²) in [6.45, 7) is 32.7. The third-order valence-electron chi connectivity index (χ3n) is 19.8. The first kappa shape index (κ1) is 52.4. The molecular formula is C81H75NO2. The molecule has 15 rings (SSSR count). The highest BCUT2D eigenvalue weighted by Gasteiger charge is 2.54. The van der Waals surface area contributed by atoms with E-state index in [1.807, 2.05) is 0 Å². The molecular weight excluding hydrogens is 1020 g/mol. The van der Waals surface area contributed by atoms with Crippen LogP contribution in [0.25, 0.3) is 33.4 Å². The maximum absolute atomic E-state index is 7.14. The van der Waals surface area contributed by atoms with Crippen molar-refractivity contribution < 1.29 is 9.47 Å². The topological polar surface area (TPSA) is 21.7 Å². The third kappa shape index (κ3) is 7.23. The van der Waals surface area contributed by atoms with Crippen LogP contribution >= 0.6 is 0 Å².